The van der Waals surface area contributed by atoms with Crippen LogP contribution in [0.2, 0.25) is 0 Å². The predicted octanol–water partition coefficient (Wildman–Crippen LogP) is 2.89. The number of likely N-dealkylation sites (tertiary alicyclic amines) is 1. The number of methoxy groups -OCH3 is 2. The van der Waals surface area contributed by atoms with Gasteiger partial charge in [0.05, 0.1) is 31.0 Å². The second-order valence-corrected chi connectivity index (χ2v) is 7.31. The summed E-state index contributed by atoms with van der Waals surface area (Å²) in [4.78, 5) is 50.9. The van der Waals surface area contributed by atoms with Crippen molar-refractivity contribution in [2.24, 2.45) is 5.92 Å². The summed E-state index contributed by atoms with van der Waals surface area (Å²) in [6.07, 6.45) is 0.839. The average molecular weight is 442 g/mol. The number of anilines is 1. The van der Waals surface area contributed by atoms with Gasteiger partial charge >= 0.3 is 11.9 Å². The summed E-state index contributed by atoms with van der Waals surface area (Å²) in [7, 11) is 2.45. The molecular weight excluding hydrogens is 419 g/mol. The number of benzene rings is 2. The van der Waals surface area contributed by atoms with Crippen LogP contribution in [-0.2, 0) is 14.3 Å². The first kappa shape index (κ1) is 22.9. The highest BCUT2D eigenvalue weighted by molar-refractivity contribution is 6.04. The Balaban J connectivity index is 1.68. The van der Waals surface area contributed by atoms with E-state index in [4.69, 9.17) is 9.47 Å². The third kappa shape index (κ3) is 5.11. The van der Waals surface area contributed by atoms with E-state index >= 15 is 0 Å². The fourth-order valence-corrected chi connectivity index (χ4v) is 3.54. The summed E-state index contributed by atoms with van der Waals surface area (Å²) in [6, 6.07) is 9.48. The quantitative estimate of drug-likeness (QED) is 0.715. The molecule has 9 heteroatoms. The Kier molecular flexibility index (Phi) is 7.19. The largest absolute Gasteiger partial charge is 0.465 e. The molecule has 3 rings (SSSR count). The van der Waals surface area contributed by atoms with Crippen LogP contribution in [0, 0.1) is 11.7 Å². The van der Waals surface area contributed by atoms with E-state index in [0.717, 1.165) is 0 Å². The molecule has 8 nitrogen and oxygen atoms in total. The average Bonchev–Trinajstić information content (AvgIpc) is 2.83. The van der Waals surface area contributed by atoms with Crippen molar-refractivity contribution in [3.8, 4) is 0 Å². The third-order valence-corrected chi connectivity index (χ3v) is 5.35. The Labute approximate surface area is 184 Å². The van der Waals surface area contributed by atoms with Crippen LogP contribution in [0.5, 0.6) is 0 Å². The summed E-state index contributed by atoms with van der Waals surface area (Å²) >= 11 is 0. The van der Waals surface area contributed by atoms with Gasteiger partial charge in [-0.2, -0.15) is 0 Å². The summed E-state index contributed by atoms with van der Waals surface area (Å²) in [6.45, 7) is 0.723. The van der Waals surface area contributed by atoms with E-state index < -0.39 is 17.8 Å². The molecule has 1 aliphatic rings. The minimum atomic E-state index is -0.656. The van der Waals surface area contributed by atoms with Gasteiger partial charge in [-0.3, -0.25) is 9.59 Å². The minimum absolute atomic E-state index is 0.109. The van der Waals surface area contributed by atoms with E-state index in [9.17, 15) is 23.6 Å². The topological polar surface area (TPSA) is 102 Å². The van der Waals surface area contributed by atoms with Gasteiger partial charge in [-0.25, -0.2) is 14.0 Å². The highest BCUT2D eigenvalue weighted by Gasteiger charge is 2.29. The Hall–Kier alpha value is -3.75. The van der Waals surface area contributed by atoms with Crippen molar-refractivity contribution in [3.05, 3.63) is 65.0 Å². The molecule has 0 aliphatic carbocycles. The number of carbonyl (C=O) groups is 4. The number of amides is 2. The Morgan fingerprint density at radius 3 is 2.09 bits per heavy atom. The Morgan fingerprint density at radius 2 is 1.50 bits per heavy atom. The van der Waals surface area contributed by atoms with Gasteiger partial charge in [0.2, 0.25) is 5.91 Å². The molecule has 1 heterocycles. The van der Waals surface area contributed by atoms with Crippen LogP contribution < -0.4 is 5.32 Å². The molecule has 1 aliphatic heterocycles. The van der Waals surface area contributed by atoms with Crippen molar-refractivity contribution in [1.82, 2.24) is 4.90 Å². The molecular formula is C23H23FN2O6. The van der Waals surface area contributed by atoms with Crippen LogP contribution in [0.15, 0.2) is 42.5 Å². The standard InChI is InChI=1S/C23H23FN2O6/c1-31-22(29)16-5-8-18(23(30)32-2)19(13-16)25-20(27)14-9-11-26(12-10-14)21(28)15-3-6-17(24)7-4-15/h3-8,13-14H,9-12H2,1-2H3,(H,25,27). The molecule has 2 aromatic carbocycles. The number of esters is 2. The predicted molar refractivity (Wildman–Crippen MR) is 113 cm³/mol. The summed E-state index contributed by atoms with van der Waals surface area (Å²) in [5.41, 5.74) is 0.818. The molecule has 32 heavy (non-hydrogen) atoms. The van der Waals surface area contributed by atoms with Gasteiger partial charge < -0.3 is 19.7 Å². The molecule has 0 spiro atoms. The summed E-state index contributed by atoms with van der Waals surface area (Å²) < 4.78 is 22.5. The van der Waals surface area contributed by atoms with Crippen molar-refractivity contribution in [3.63, 3.8) is 0 Å². The molecule has 1 fully saturated rings. The van der Waals surface area contributed by atoms with Crippen LogP contribution in [0.3, 0.4) is 0 Å². The number of rotatable bonds is 5. The zero-order valence-electron chi connectivity index (χ0n) is 17.7. The lowest BCUT2D eigenvalue weighted by Gasteiger charge is -2.31. The molecule has 0 saturated carbocycles. The molecule has 0 atom stereocenters. The van der Waals surface area contributed by atoms with Crippen LogP contribution in [0.25, 0.3) is 0 Å². The maximum atomic E-state index is 13.1. The van der Waals surface area contributed by atoms with Crippen molar-refractivity contribution < 1.29 is 33.0 Å². The van der Waals surface area contributed by atoms with E-state index in [1.54, 1.807) is 4.90 Å². The highest BCUT2D eigenvalue weighted by Crippen LogP contribution is 2.24. The lowest BCUT2D eigenvalue weighted by Crippen LogP contribution is -2.41. The third-order valence-electron chi connectivity index (χ3n) is 5.35. The second kappa shape index (κ2) is 10.0. The molecule has 2 aromatic rings. The van der Waals surface area contributed by atoms with E-state index in [1.807, 2.05) is 0 Å². The van der Waals surface area contributed by atoms with Gasteiger partial charge in [-0.05, 0) is 55.3 Å². The number of hydrogen-bond acceptors (Lipinski definition) is 6. The van der Waals surface area contributed by atoms with E-state index in [2.05, 4.69) is 5.32 Å². The van der Waals surface area contributed by atoms with Crippen molar-refractivity contribution in [1.29, 1.82) is 0 Å². The Morgan fingerprint density at radius 1 is 0.906 bits per heavy atom. The number of nitrogens with one attached hydrogen (secondary N) is 1. The van der Waals surface area contributed by atoms with Crippen molar-refractivity contribution >= 4 is 29.4 Å². The van der Waals surface area contributed by atoms with Gasteiger partial charge in [0.25, 0.3) is 5.91 Å². The normalized spacial score (nSPS) is 13.9. The number of nitrogens with zero attached hydrogens (tertiary/aromatic N) is 1. The van der Waals surface area contributed by atoms with Gasteiger partial charge in [-0.1, -0.05) is 0 Å². The molecule has 0 unspecified atom stereocenters. The van der Waals surface area contributed by atoms with Gasteiger partial charge in [0.15, 0.2) is 0 Å². The van der Waals surface area contributed by atoms with Crippen LogP contribution in [0.1, 0.15) is 43.9 Å². The molecule has 2 amide bonds. The molecule has 0 aromatic heterocycles. The first-order valence-corrected chi connectivity index (χ1v) is 10.0. The van der Waals surface area contributed by atoms with E-state index in [1.165, 1.54) is 56.7 Å². The van der Waals surface area contributed by atoms with Crippen molar-refractivity contribution in [2.75, 3.05) is 32.6 Å². The fraction of sp³-hybridized carbons (Fsp3) is 0.304. The smallest absolute Gasteiger partial charge is 0.339 e. The van der Waals surface area contributed by atoms with Gasteiger partial charge in [0.1, 0.15) is 5.82 Å². The molecule has 1 saturated heterocycles. The lowest BCUT2D eigenvalue weighted by atomic mass is 9.95. The first-order chi connectivity index (χ1) is 15.3. The number of piperidine rings is 1. The number of ether oxygens (including phenoxy) is 2. The molecule has 1 N–H and O–H groups in total. The Bertz CT molecular complexity index is 1030. The van der Waals surface area contributed by atoms with Gasteiger partial charge in [0, 0.05) is 24.6 Å². The van der Waals surface area contributed by atoms with Crippen molar-refractivity contribution in [2.45, 2.75) is 12.8 Å². The maximum absolute atomic E-state index is 13.1. The fourth-order valence-electron chi connectivity index (χ4n) is 3.54. The molecule has 0 bridgehead atoms. The van der Waals surface area contributed by atoms with E-state index in [0.29, 0.717) is 31.5 Å². The van der Waals surface area contributed by atoms with Gasteiger partial charge in [-0.15, -0.1) is 0 Å². The molecule has 168 valence electrons. The summed E-state index contributed by atoms with van der Waals surface area (Å²) in [5.74, 6) is -2.62. The zero-order valence-corrected chi connectivity index (χ0v) is 17.7. The monoisotopic (exact) mass is 442 g/mol. The van der Waals surface area contributed by atoms with E-state index in [-0.39, 0.29) is 34.5 Å². The lowest BCUT2D eigenvalue weighted by molar-refractivity contribution is -0.121. The van der Waals surface area contributed by atoms with Crippen LogP contribution in [0.4, 0.5) is 10.1 Å². The number of halogens is 1. The SMILES string of the molecule is COC(=O)c1ccc(C(=O)OC)c(NC(=O)C2CCN(C(=O)c3ccc(F)cc3)CC2)c1. The van der Waals surface area contributed by atoms with Crippen LogP contribution >= 0.6 is 0 Å². The zero-order chi connectivity index (χ0) is 23.3. The highest BCUT2D eigenvalue weighted by atomic mass is 19.1. The molecule has 0 radical (unpaired) electrons. The number of hydrogen-bond donors (Lipinski definition) is 1. The maximum Gasteiger partial charge on any atom is 0.339 e. The first-order valence-electron chi connectivity index (χ1n) is 10.0. The van der Waals surface area contributed by atoms with Crippen LogP contribution in [-0.4, -0.2) is 56.0 Å². The second-order valence-electron chi connectivity index (χ2n) is 7.31. The minimum Gasteiger partial charge on any atom is -0.465 e. The summed E-state index contributed by atoms with van der Waals surface area (Å²) in [5, 5.41) is 2.70. The number of carbonyl (C=O) groups excluding carboxylic acids is 4.